The van der Waals surface area contributed by atoms with Crippen LogP contribution in [0.25, 0.3) is 0 Å². The summed E-state index contributed by atoms with van der Waals surface area (Å²) in [5, 5.41) is 12.9. The van der Waals surface area contributed by atoms with E-state index in [1.54, 1.807) is 12.1 Å². The summed E-state index contributed by atoms with van der Waals surface area (Å²) in [5.41, 5.74) is 0.0749. The van der Waals surface area contributed by atoms with Crippen molar-refractivity contribution in [3.63, 3.8) is 0 Å². The van der Waals surface area contributed by atoms with E-state index in [1.165, 1.54) is 0 Å². The van der Waals surface area contributed by atoms with E-state index in [-0.39, 0.29) is 18.4 Å². The molecule has 0 bridgehead atoms. The number of carbonyl (C=O) groups excluding carboxylic acids is 1. The molecule has 2 rings (SSSR count). The van der Waals surface area contributed by atoms with Gasteiger partial charge in [-0.1, -0.05) is 23.7 Å². The molecule has 1 fully saturated rings. The lowest BCUT2D eigenvalue weighted by molar-refractivity contribution is -0.145. The predicted molar refractivity (Wildman–Crippen MR) is 92.2 cm³/mol. The fraction of sp³-hybridized carbons (Fsp3) is 0.556. The maximum atomic E-state index is 12.6. The van der Waals surface area contributed by atoms with Gasteiger partial charge in [-0.2, -0.15) is 0 Å². The van der Waals surface area contributed by atoms with E-state index < -0.39 is 17.3 Å². The average Bonchev–Trinajstić information content (AvgIpc) is 2.56. The third-order valence-electron chi connectivity index (χ3n) is 4.77. The SMILES string of the molecule is CC(C)(C(=O)NCC(C(=O)O)C1CCOCC1)c1ccc(Cl)cc1. The minimum Gasteiger partial charge on any atom is -0.481 e. The largest absolute Gasteiger partial charge is 0.481 e. The van der Waals surface area contributed by atoms with Gasteiger partial charge in [-0.3, -0.25) is 9.59 Å². The lowest BCUT2D eigenvalue weighted by Gasteiger charge is -2.29. The Labute approximate surface area is 147 Å². The highest BCUT2D eigenvalue weighted by atomic mass is 35.5. The number of ether oxygens (including phenoxy) is 1. The number of halogens is 1. The van der Waals surface area contributed by atoms with Crippen molar-refractivity contribution in [3.8, 4) is 0 Å². The van der Waals surface area contributed by atoms with Gasteiger partial charge < -0.3 is 15.2 Å². The number of rotatable bonds is 6. The molecule has 0 radical (unpaired) electrons. The van der Waals surface area contributed by atoms with Crippen molar-refractivity contribution in [2.24, 2.45) is 11.8 Å². The second-order valence-corrected chi connectivity index (χ2v) is 7.17. The number of carbonyl (C=O) groups is 2. The monoisotopic (exact) mass is 353 g/mol. The zero-order chi connectivity index (χ0) is 17.7. The highest BCUT2D eigenvalue weighted by Crippen LogP contribution is 2.27. The minimum absolute atomic E-state index is 0.0372. The molecule has 1 aliphatic rings. The van der Waals surface area contributed by atoms with Gasteiger partial charge in [-0.05, 0) is 50.3 Å². The molecular weight excluding hydrogens is 330 g/mol. The molecule has 24 heavy (non-hydrogen) atoms. The van der Waals surface area contributed by atoms with Gasteiger partial charge in [0.15, 0.2) is 0 Å². The van der Waals surface area contributed by atoms with Crippen molar-refractivity contribution >= 4 is 23.5 Å². The highest BCUT2D eigenvalue weighted by Gasteiger charge is 2.33. The molecule has 0 spiro atoms. The number of amides is 1. The minimum atomic E-state index is -0.869. The van der Waals surface area contributed by atoms with Crippen LogP contribution in [0.5, 0.6) is 0 Å². The van der Waals surface area contributed by atoms with Crippen LogP contribution in [0, 0.1) is 11.8 Å². The Morgan fingerprint density at radius 3 is 2.42 bits per heavy atom. The van der Waals surface area contributed by atoms with Crippen LogP contribution in [0.1, 0.15) is 32.3 Å². The van der Waals surface area contributed by atoms with E-state index in [2.05, 4.69) is 5.32 Å². The lowest BCUT2D eigenvalue weighted by Crippen LogP contribution is -2.45. The van der Waals surface area contributed by atoms with Gasteiger partial charge >= 0.3 is 5.97 Å². The molecule has 132 valence electrons. The summed E-state index contributed by atoms with van der Waals surface area (Å²) in [4.78, 5) is 24.2. The fourth-order valence-corrected chi connectivity index (χ4v) is 3.12. The summed E-state index contributed by atoms with van der Waals surface area (Å²) in [6, 6.07) is 7.12. The molecule has 1 aromatic carbocycles. The number of carboxylic acids is 1. The van der Waals surface area contributed by atoms with E-state index >= 15 is 0 Å². The van der Waals surface area contributed by atoms with E-state index in [0.717, 1.165) is 5.56 Å². The average molecular weight is 354 g/mol. The van der Waals surface area contributed by atoms with E-state index in [4.69, 9.17) is 16.3 Å². The molecule has 1 saturated heterocycles. The molecule has 0 aromatic heterocycles. The third kappa shape index (κ3) is 4.48. The highest BCUT2D eigenvalue weighted by molar-refractivity contribution is 6.30. The Balaban J connectivity index is 2.01. The smallest absolute Gasteiger partial charge is 0.308 e. The molecule has 0 aliphatic carbocycles. The van der Waals surface area contributed by atoms with E-state index in [1.807, 2.05) is 26.0 Å². The topological polar surface area (TPSA) is 75.6 Å². The first-order valence-corrected chi connectivity index (χ1v) is 8.55. The molecule has 1 unspecified atom stereocenters. The molecular formula is C18H24ClNO4. The third-order valence-corrected chi connectivity index (χ3v) is 5.02. The van der Waals surface area contributed by atoms with Gasteiger partial charge in [0.2, 0.25) is 5.91 Å². The standard InChI is InChI=1S/C18H24ClNO4/c1-18(2,13-3-5-14(19)6-4-13)17(23)20-11-15(16(21)22)12-7-9-24-10-8-12/h3-6,12,15H,7-11H2,1-2H3,(H,20,23)(H,21,22). The Hall–Kier alpha value is -1.59. The molecule has 2 N–H and O–H groups in total. The predicted octanol–water partition coefficient (Wildman–Crippen LogP) is 2.86. The van der Waals surface area contributed by atoms with Crippen LogP contribution in [0.15, 0.2) is 24.3 Å². The van der Waals surface area contributed by atoms with Crippen molar-refractivity contribution in [1.29, 1.82) is 0 Å². The van der Waals surface area contributed by atoms with Crippen molar-refractivity contribution in [1.82, 2.24) is 5.32 Å². The van der Waals surface area contributed by atoms with Crippen LogP contribution in [0.2, 0.25) is 5.02 Å². The first-order chi connectivity index (χ1) is 11.3. The van der Waals surface area contributed by atoms with Gasteiger partial charge in [0.1, 0.15) is 0 Å². The van der Waals surface area contributed by atoms with Crippen molar-refractivity contribution < 1.29 is 19.4 Å². The maximum Gasteiger partial charge on any atom is 0.308 e. The molecule has 1 aromatic rings. The molecule has 1 amide bonds. The van der Waals surface area contributed by atoms with Crippen LogP contribution < -0.4 is 5.32 Å². The molecule has 5 nitrogen and oxygen atoms in total. The zero-order valence-electron chi connectivity index (χ0n) is 14.0. The Bertz CT molecular complexity index is 579. The zero-order valence-corrected chi connectivity index (χ0v) is 14.8. The Morgan fingerprint density at radius 1 is 1.29 bits per heavy atom. The molecule has 0 saturated carbocycles. The normalized spacial score (nSPS) is 17.3. The molecule has 1 heterocycles. The fourth-order valence-electron chi connectivity index (χ4n) is 3.00. The Kier molecular flexibility index (Phi) is 6.24. The van der Waals surface area contributed by atoms with Crippen LogP contribution in [0.3, 0.4) is 0 Å². The molecule has 6 heteroatoms. The first kappa shape index (κ1) is 18.7. The molecule has 1 atom stereocenters. The number of hydrogen-bond acceptors (Lipinski definition) is 3. The maximum absolute atomic E-state index is 12.6. The summed E-state index contributed by atoms with van der Waals surface area (Å²) in [6.07, 6.45) is 1.43. The van der Waals surface area contributed by atoms with Crippen molar-refractivity contribution in [2.45, 2.75) is 32.1 Å². The van der Waals surface area contributed by atoms with Gasteiger partial charge in [0.25, 0.3) is 0 Å². The van der Waals surface area contributed by atoms with Crippen LogP contribution >= 0.6 is 11.6 Å². The van der Waals surface area contributed by atoms with Crippen molar-refractivity contribution in [3.05, 3.63) is 34.9 Å². The quantitative estimate of drug-likeness (QED) is 0.824. The van der Waals surface area contributed by atoms with Crippen molar-refractivity contribution in [2.75, 3.05) is 19.8 Å². The second kappa shape index (κ2) is 7.99. The lowest BCUT2D eigenvalue weighted by atomic mass is 9.82. The number of nitrogens with one attached hydrogen (secondary N) is 1. The van der Waals surface area contributed by atoms with E-state index in [0.29, 0.717) is 31.1 Å². The summed E-state index contributed by atoms with van der Waals surface area (Å²) in [6.45, 7) is 4.93. The summed E-state index contributed by atoms with van der Waals surface area (Å²) >= 11 is 5.89. The van der Waals surface area contributed by atoms with Gasteiger partial charge in [-0.15, -0.1) is 0 Å². The van der Waals surface area contributed by atoms with Gasteiger partial charge in [-0.25, -0.2) is 0 Å². The van der Waals surface area contributed by atoms with Gasteiger partial charge in [0.05, 0.1) is 11.3 Å². The van der Waals surface area contributed by atoms with Crippen LogP contribution in [-0.2, 0) is 19.7 Å². The van der Waals surface area contributed by atoms with Gasteiger partial charge in [0, 0.05) is 24.8 Å². The second-order valence-electron chi connectivity index (χ2n) is 6.74. The molecule has 1 aliphatic heterocycles. The summed E-state index contributed by atoms with van der Waals surface area (Å²) < 4.78 is 5.29. The van der Waals surface area contributed by atoms with E-state index in [9.17, 15) is 14.7 Å². The number of carboxylic acid groups (broad SMARTS) is 1. The summed E-state index contributed by atoms with van der Waals surface area (Å²) in [7, 11) is 0. The summed E-state index contributed by atoms with van der Waals surface area (Å²) in [5.74, 6) is -1.61. The number of benzene rings is 1. The number of hydrogen-bond donors (Lipinski definition) is 2. The van der Waals surface area contributed by atoms with Crippen LogP contribution in [0.4, 0.5) is 0 Å². The Morgan fingerprint density at radius 2 is 1.88 bits per heavy atom. The van der Waals surface area contributed by atoms with Crippen LogP contribution in [-0.4, -0.2) is 36.7 Å². The number of aliphatic carboxylic acids is 1. The first-order valence-electron chi connectivity index (χ1n) is 8.17.